The lowest BCUT2D eigenvalue weighted by atomic mass is 9.48. The second-order valence-corrected chi connectivity index (χ2v) is 8.33. The van der Waals surface area contributed by atoms with E-state index in [0.717, 1.165) is 31.3 Å². The molecule has 0 aromatic carbocycles. The highest BCUT2D eigenvalue weighted by Gasteiger charge is 2.52. The standard InChI is InChI=1S/C20H32O3/c1-14(12-18(22)23)6-8-16-15(2)7-9-17-19(3,13-21)10-5-11-20(16,17)4/h7,12,16-17,21H,5-6,8-11,13H2,1-4H3,(H,22,23)/b14-12-/t16-,17?,19-,20+/m0/s1. The fourth-order valence-electron chi connectivity index (χ4n) is 5.36. The molecule has 0 saturated heterocycles. The van der Waals surface area contributed by atoms with Gasteiger partial charge in [0, 0.05) is 12.7 Å². The van der Waals surface area contributed by atoms with Crippen LogP contribution in [0, 0.1) is 22.7 Å². The second-order valence-electron chi connectivity index (χ2n) is 8.33. The maximum Gasteiger partial charge on any atom is 0.328 e. The first kappa shape index (κ1) is 18.3. The molecule has 2 N–H and O–H groups in total. The quantitative estimate of drug-likeness (QED) is 0.576. The van der Waals surface area contributed by atoms with E-state index in [1.807, 2.05) is 6.92 Å². The van der Waals surface area contributed by atoms with Gasteiger partial charge in [0.1, 0.15) is 0 Å². The molecule has 23 heavy (non-hydrogen) atoms. The van der Waals surface area contributed by atoms with Crippen LogP contribution >= 0.6 is 0 Å². The normalized spacial score (nSPS) is 38.0. The Morgan fingerprint density at radius 1 is 1.39 bits per heavy atom. The van der Waals surface area contributed by atoms with Crippen molar-refractivity contribution < 1.29 is 15.0 Å². The fraction of sp³-hybridized carbons (Fsp3) is 0.750. The Bertz CT molecular complexity index is 519. The average Bonchev–Trinajstić information content (AvgIpc) is 2.45. The van der Waals surface area contributed by atoms with E-state index < -0.39 is 5.97 Å². The van der Waals surface area contributed by atoms with Gasteiger partial charge >= 0.3 is 5.97 Å². The van der Waals surface area contributed by atoms with Crippen LogP contribution in [0.5, 0.6) is 0 Å². The number of carboxylic acids is 1. The molecule has 3 nitrogen and oxygen atoms in total. The van der Waals surface area contributed by atoms with E-state index in [2.05, 4.69) is 26.8 Å². The van der Waals surface area contributed by atoms with Crippen molar-refractivity contribution in [1.29, 1.82) is 0 Å². The van der Waals surface area contributed by atoms with Gasteiger partial charge in [-0.3, -0.25) is 0 Å². The van der Waals surface area contributed by atoms with Crippen LogP contribution in [0.3, 0.4) is 0 Å². The van der Waals surface area contributed by atoms with Crippen LogP contribution < -0.4 is 0 Å². The summed E-state index contributed by atoms with van der Waals surface area (Å²) in [6.45, 7) is 9.06. The van der Waals surface area contributed by atoms with Crippen LogP contribution in [0.1, 0.15) is 66.2 Å². The van der Waals surface area contributed by atoms with Crippen molar-refractivity contribution >= 4 is 5.97 Å². The van der Waals surface area contributed by atoms with Crippen molar-refractivity contribution in [2.45, 2.75) is 66.2 Å². The highest BCUT2D eigenvalue weighted by Crippen LogP contribution is 2.60. The summed E-state index contributed by atoms with van der Waals surface area (Å²) in [7, 11) is 0. The van der Waals surface area contributed by atoms with Crippen molar-refractivity contribution in [3.05, 3.63) is 23.3 Å². The van der Waals surface area contributed by atoms with Crippen molar-refractivity contribution in [2.75, 3.05) is 6.61 Å². The molecule has 130 valence electrons. The minimum absolute atomic E-state index is 0.0222. The summed E-state index contributed by atoms with van der Waals surface area (Å²) in [5.41, 5.74) is 2.64. The Morgan fingerprint density at radius 3 is 2.70 bits per heavy atom. The van der Waals surface area contributed by atoms with Crippen LogP contribution in [0.2, 0.25) is 0 Å². The third-order valence-corrected chi connectivity index (χ3v) is 6.68. The molecule has 3 heteroatoms. The molecule has 0 aromatic rings. The fourth-order valence-corrected chi connectivity index (χ4v) is 5.36. The summed E-state index contributed by atoms with van der Waals surface area (Å²) in [5.74, 6) is 0.156. The molecular weight excluding hydrogens is 288 g/mol. The van der Waals surface area contributed by atoms with E-state index in [1.54, 1.807) is 0 Å². The molecule has 0 aliphatic heterocycles. The smallest absolute Gasteiger partial charge is 0.328 e. The van der Waals surface area contributed by atoms with Gasteiger partial charge in [-0.15, -0.1) is 0 Å². The van der Waals surface area contributed by atoms with E-state index in [9.17, 15) is 9.90 Å². The van der Waals surface area contributed by atoms with Crippen LogP contribution in [0.25, 0.3) is 0 Å². The molecule has 4 atom stereocenters. The van der Waals surface area contributed by atoms with Gasteiger partial charge in [0.25, 0.3) is 0 Å². The van der Waals surface area contributed by atoms with E-state index in [-0.39, 0.29) is 17.4 Å². The molecular formula is C20H32O3. The van der Waals surface area contributed by atoms with Gasteiger partial charge in [0.05, 0.1) is 0 Å². The molecule has 0 radical (unpaired) electrons. The van der Waals surface area contributed by atoms with Crippen molar-refractivity contribution in [3.63, 3.8) is 0 Å². The largest absolute Gasteiger partial charge is 0.478 e. The van der Waals surface area contributed by atoms with E-state index in [1.165, 1.54) is 24.5 Å². The average molecular weight is 320 g/mol. The molecule has 2 aliphatic rings. The number of rotatable bonds is 5. The predicted molar refractivity (Wildman–Crippen MR) is 93.1 cm³/mol. The summed E-state index contributed by atoms with van der Waals surface area (Å²) >= 11 is 0. The van der Waals surface area contributed by atoms with Crippen molar-refractivity contribution in [3.8, 4) is 0 Å². The number of aliphatic hydroxyl groups is 1. The highest BCUT2D eigenvalue weighted by molar-refractivity contribution is 5.80. The first-order valence-corrected chi connectivity index (χ1v) is 8.90. The Morgan fingerprint density at radius 2 is 2.09 bits per heavy atom. The van der Waals surface area contributed by atoms with E-state index in [4.69, 9.17) is 5.11 Å². The second kappa shape index (κ2) is 6.80. The Kier molecular flexibility index (Phi) is 5.40. The topological polar surface area (TPSA) is 57.5 Å². The van der Waals surface area contributed by atoms with Gasteiger partial charge in [-0.1, -0.05) is 37.5 Å². The van der Waals surface area contributed by atoms with Gasteiger partial charge in [0.2, 0.25) is 0 Å². The van der Waals surface area contributed by atoms with Crippen molar-refractivity contribution in [1.82, 2.24) is 0 Å². The van der Waals surface area contributed by atoms with Gasteiger partial charge in [-0.05, 0) is 68.6 Å². The maximum absolute atomic E-state index is 10.8. The summed E-state index contributed by atoms with van der Waals surface area (Å²) < 4.78 is 0. The number of hydrogen-bond donors (Lipinski definition) is 2. The van der Waals surface area contributed by atoms with E-state index >= 15 is 0 Å². The molecule has 0 bridgehead atoms. The SMILES string of the molecule is CC1=CCC2[C@](C)(CO)CCC[C@]2(C)[C@H]1CC/C(C)=C\C(=O)O. The van der Waals surface area contributed by atoms with Crippen LogP contribution in [-0.4, -0.2) is 22.8 Å². The Hall–Kier alpha value is -1.09. The minimum Gasteiger partial charge on any atom is -0.478 e. The van der Waals surface area contributed by atoms with Gasteiger partial charge < -0.3 is 10.2 Å². The van der Waals surface area contributed by atoms with Gasteiger partial charge in [-0.2, -0.15) is 0 Å². The number of aliphatic carboxylic acids is 1. The molecule has 2 aliphatic carbocycles. The Balaban J connectivity index is 2.22. The zero-order chi connectivity index (χ0) is 17.3. The third kappa shape index (κ3) is 3.55. The minimum atomic E-state index is -0.854. The molecule has 1 fully saturated rings. The number of carbonyl (C=O) groups is 1. The summed E-state index contributed by atoms with van der Waals surface area (Å²) in [6.07, 6.45) is 10.1. The van der Waals surface area contributed by atoms with Crippen molar-refractivity contribution in [2.24, 2.45) is 22.7 Å². The number of fused-ring (bicyclic) bond motifs is 1. The lowest BCUT2D eigenvalue weighted by Crippen LogP contribution is -2.50. The molecule has 0 heterocycles. The Labute approximate surface area is 140 Å². The highest BCUT2D eigenvalue weighted by atomic mass is 16.4. The van der Waals surface area contributed by atoms with Crippen LogP contribution in [0.4, 0.5) is 0 Å². The first-order chi connectivity index (χ1) is 10.7. The molecule has 0 spiro atoms. The molecule has 1 unspecified atom stereocenters. The number of aliphatic hydroxyl groups excluding tert-OH is 1. The maximum atomic E-state index is 10.8. The third-order valence-electron chi connectivity index (χ3n) is 6.68. The lowest BCUT2D eigenvalue weighted by Gasteiger charge is -2.57. The number of carboxylic acid groups (broad SMARTS) is 1. The number of hydrogen-bond acceptors (Lipinski definition) is 2. The zero-order valence-electron chi connectivity index (χ0n) is 15.1. The molecule has 2 rings (SSSR count). The molecule has 1 saturated carbocycles. The molecule has 0 amide bonds. The predicted octanol–water partition coefficient (Wildman–Crippen LogP) is 4.57. The first-order valence-electron chi connectivity index (χ1n) is 8.90. The monoisotopic (exact) mass is 320 g/mol. The van der Waals surface area contributed by atoms with E-state index in [0.29, 0.717) is 11.8 Å². The van der Waals surface area contributed by atoms with Gasteiger partial charge in [-0.25, -0.2) is 4.79 Å². The summed E-state index contributed by atoms with van der Waals surface area (Å²) in [6, 6.07) is 0. The summed E-state index contributed by atoms with van der Waals surface area (Å²) in [5, 5.41) is 18.9. The van der Waals surface area contributed by atoms with Crippen LogP contribution in [0.15, 0.2) is 23.3 Å². The summed E-state index contributed by atoms with van der Waals surface area (Å²) in [4.78, 5) is 10.8. The van der Waals surface area contributed by atoms with Crippen LogP contribution in [-0.2, 0) is 4.79 Å². The zero-order valence-corrected chi connectivity index (χ0v) is 15.1. The van der Waals surface area contributed by atoms with Gasteiger partial charge in [0.15, 0.2) is 0 Å². The number of allylic oxidation sites excluding steroid dienone is 3. The molecule has 0 aromatic heterocycles. The lowest BCUT2D eigenvalue weighted by molar-refractivity contribution is -0.131.